The number of furan rings is 1. The Bertz CT molecular complexity index is 654. The number of hydrogen-bond donors (Lipinski definition) is 1. The van der Waals surface area contributed by atoms with Crippen LogP contribution in [0.2, 0.25) is 0 Å². The molecule has 0 atom stereocenters. The summed E-state index contributed by atoms with van der Waals surface area (Å²) in [6.07, 6.45) is 0. The van der Waals surface area contributed by atoms with Crippen molar-refractivity contribution < 1.29 is 9.21 Å². The first kappa shape index (κ1) is 12.2. The maximum atomic E-state index is 11.8. The van der Waals surface area contributed by atoms with Gasteiger partial charge in [-0.1, -0.05) is 12.1 Å². The van der Waals surface area contributed by atoms with E-state index in [0.717, 1.165) is 16.4 Å². The fourth-order valence-electron chi connectivity index (χ4n) is 1.69. The molecular weight excluding hydrogens is 278 g/mol. The zero-order valence-electron chi connectivity index (χ0n) is 9.96. The SMILES string of the molecule is O=C(NCc1ccc(-c2cccs2)o1)c1cccs1. The van der Waals surface area contributed by atoms with Crippen molar-refractivity contribution in [3.63, 3.8) is 0 Å². The van der Waals surface area contributed by atoms with Crippen molar-refractivity contribution in [2.24, 2.45) is 0 Å². The second kappa shape index (κ2) is 5.42. The summed E-state index contributed by atoms with van der Waals surface area (Å²) in [7, 11) is 0. The number of nitrogens with one attached hydrogen (secondary N) is 1. The largest absolute Gasteiger partial charge is 0.458 e. The highest BCUT2D eigenvalue weighted by atomic mass is 32.1. The van der Waals surface area contributed by atoms with E-state index in [4.69, 9.17) is 4.42 Å². The van der Waals surface area contributed by atoms with E-state index in [0.29, 0.717) is 11.4 Å². The maximum Gasteiger partial charge on any atom is 0.261 e. The molecule has 0 saturated heterocycles. The maximum absolute atomic E-state index is 11.8. The van der Waals surface area contributed by atoms with Crippen molar-refractivity contribution in [2.45, 2.75) is 6.54 Å². The van der Waals surface area contributed by atoms with Crippen molar-refractivity contribution >= 4 is 28.6 Å². The van der Waals surface area contributed by atoms with Gasteiger partial charge in [0, 0.05) is 0 Å². The molecule has 0 aliphatic rings. The molecule has 3 aromatic rings. The molecule has 0 aliphatic carbocycles. The van der Waals surface area contributed by atoms with Gasteiger partial charge in [-0.15, -0.1) is 22.7 Å². The van der Waals surface area contributed by atoms with Gasteiger partial charge in [-0.05, 0) is 35.0 Å². The Morgan fingerprint density at radius 3 is 2.68 bits per heavy atom. The average Bonchev–Trinajstić information content (AvgIpc) is 3.14. The summed E-state index contributed by atoms with van der Waals surface area (Å²) >= 11 is 3.06. The van der Waals surface area contributed by atoms with Gasteiger partial charge in [-0.3, -0.25) is 4.79 Å². The third-order valence-corrected chi connectivity index (χ3v) is 4.35. The second-order valence-electron chi connectivity index (χ2n) is 3.90. The number of hydrogen-bond acceptors (Lipinski definition) is 4. The van der Waals surface area contributed by atoms with Crippen LogP contribution in [0.1, 0.15) is 15.4 Å². The zero-order chi connectivity index (χ0) is 13.1. The van der Waals surface area contributed by atoms with Crippen molar-refractivity contribution in [3.8, 4) is 10.6 Å². The fourth-order valence-corrected chi connectivity index (χ4v) is 3.01. The Hall–Kier alpha value is -1.85. The van der Waals surface area contributed by atoms with E-state index in [2.05, 4.69) is 5.32 Å². The van der Waals surface area contributed by atoms with Crippen LogP contribution in [0.5, 0.6) is 0 Å². The molecule has 3 nitrogen and oxygen atoms in total. The minimum Gasteiger partial charge on any atom is -0.458 e. The van der Waals surface area contributed by atoms with E-state index in [1.807, 2.05) is 41.1 Å². The summed E-state index contributed by atoms with van der Waals surface area (Å²) in [5.74, 6) is 1.53. The van der Waals surface area contributed by atoms with Gasteiger partial charge < -0.3 is 9.73 Å². The summed E-state index contributed by atoms with van der Waals surface area (Å²) in [6.45, 7) is 0.405. The zero-order valence-corrected chi connectivity index (χ0v) is 11.6. The first-order valence-corrected chi connectivity index (χ1v) is 7.53. The highest BCUT2D eigenvalue weighted by molar-refractivity contribution is 7.13. The lowest BCUT2D eigenvalue weighted by Gasteiger charge is -2.00. The van der Waals surface area contributed by atoms with Gasteiger partial charge in [-0.25, -0.2) is 0 Å². The number of amides is 1. The van der Waals surface area contributed by atoms with Gasteiger partial charge >= 0.3 is 0 Å². The Labute approximate surface area is 118 Å². The topological polar surface area (TPSA) is 42.2 Å². The average molecular weight is 289 g/mol. The van der Waals surface area contributed by atoms with Crippen LogP contribution in [-0.4, -0.2) is 5.91 Å². The van der Waals surface area contributed by atoms with Crippen LogP contribution in [0, 0.1) is 0 Å². The van der Waals surface area contributed by atoms with E-state index in [9.17, 15) is 4.79 Å². The molecule has 0 radical (unpaired) electrons. The molecule has 0 saturated carbocycles. The Balaban J connectivity index is 1.63. The lowest BCUT2D eigenvalue weighted by molar-refractivity contribution is 0.0952. The minimum atomic E-state index is -0.0657. The van der Waals surface area contributed by atoms with Gasteiger partial charge in [0.1, 0.15) is 11.5 Å². The van der Waals surface area contributed by atoms with E-state index < -0.39 is 0 Å². The third kappa shape index (κ3) is 2.77. The molecule has 0 unspecified atom stereocenters. The van der Waals surface area contributed by atoms with Crippen LogP contribution in [0.15, 0.2) is 51.6 Å². The molecule has 0 bridgehead atoms. The molecule has 1 N–H and O–H groups in total. The molecular formula is C14H11NO2S2. The normalized spacial score (nSPS) is 10.5. The van der Waals surface area contributed by atoms with Crippen LogP contribution < -0.4 is 5.32 Å². The van der Waals surface area contributed by atoms with Crippen molar-refractivity contribution in [3.05, 3.63) is 57.8 Å². The molecule has 96 valence electrons. The molecule has 0 fully saturated rings. The second-order valence-corrected chi connectivity index (χ2v) is 5.80. The smallest absolute Gasteiger partial charge is 0.261 e. The highest BCUT2D eigenvalue weighted by Crippen LogP contribution is 2.26. The van der Waals surface area contributed by atoms with Gasteiger partial charge in [0.25, 0.3) is 5.91 Å². The Morgan fingerprint density at radius 1 is 1.11 bits per heavy atom. The first-order chi connectivity index (χ1) is 9.33. The lowest BCUT2D eigenvalue weighted by Crippen LogP contribution is -2.21. The van der Waals surface area contributed by atoms with E-state index in [-0.39, 0.29) is 5.91 Å². The molecule has 5 heteroatoms. The fraction of sp³-hybridized carbons (Fsp3) is 0.0714. The molecule has 3 rings (SSSR count). The Morgan fingerprint density at radius 2 is 1.95 bits per heavy atom. The van der Waals surface area contributed by atoms with Gasteiger partial charge in [-0.2, -0.15) is 0 Å². The third-order valence-electron chi connectivity index (χ3n) is 2.59. The molecule has 3 heterocycles. The lowest BCUT2D eigenvalue weighted by atomic mass is 10.3. The first-order valence-electron chi connectivity index (χ1n) is 5.77. The molecule has 19 heavy (non-hydrogen) atoms. The molecule has 0 spiro atoms. The van der Waals surface area contributed by atoms with Crippen molar-refractivity contribution in [2.75, 3.05) is 0 Å². The number of rotatable bonds is 4. The summed E-state index contributed by atoms with van der Waals surface area (Å²) in [6, 6.07) is 11.5. The summed E-state index contributed by atoms with van der Waals surface area (Å²) in [5.41, 5.74) is 0. The number of carbonyl (C=O) groups excluding carboxylic acids is 1. The molecule has 0 aromatic carbocycles. The Kier molecular flexibility index (Phi) is 3.48. The van der Waals surface area contributed by atoms with Gasteiger partial charge in [0.05, 0.1) is 16.3 Å². The van der Waals surface area contributed by atoms with E-state index in [1.54, 1.807) is 17.4 Å². The van der Waals surface area contributed by atoms with Crippen LogP contribution >= 0.6 is 22.7 Å². The summed E-state index contributed by atoms with van der Waals surface area (Å²) < 4.78 is 5.69. The monoisotopic (exact) mass is 289 g/mol. The minimum absolute atomic E-state index is 0.0657. The van der Waals surface area contributed by atoms with Crippen LogP contribution in [0.25, 0.3) is 10.6 Å². The predicted molar refractivity (Wildman–Crippen MR) is 77.5 cm³/mol. The quantitative estimate of drug-likeness (QED) is 0.789. The molecule has 0 aliphatic heterocycles. The van der Waals surface area contributed by atoms with E-state index in [1.165, 1.54) is 11.3 Å². The van der Waals surface area contributed by atoms with Crippen molar-refractivity contribution in [1.82, 2.24) is 5.32 Å². The summed E-state index contributed by atoms with van der Waals surface area (Å²) in [5, 5.41) is 6.74. The van der Waals surface area contributed by atoms with Gasteiger partial charge in [0.15, 0.2) is 0 Å². The van der Waals surface area contributed by atoms with Crippen molar-refractivity contribution in [1.29, 1.82) is 0 Å². The van der Waals surface area contributed by atoms with Crippen LogP contribution in [0.4, 0.5) is 0 Å². The molecule has 3 aromatic heterocycles. The van der Waals surface area contributed by atoms with E-state index >= 15 is 0 Å². The highest BCUT2D eigenvalue weighted by Gasteiger charge is 2.09. The van der Waals surface area contributed by atoms with Crippen LogP contribution in [0.3, 0.4) is 0 Å². The molecule has 1 amide bonds. The predicted octanol–water partition coefficient (Wildman–Crippen LogP) is 4.00. The summed E-state index contributed by atoms with van der Waals surface area (Å²) in [4.78, 5) is 13.6. The standard InChI is InChI=1S/C14H11NO2S2/c16-14(13-4-2-8-19-13)15-9-10-5-6-11(17-10)12-3-1-7-18-12/h1-8H,9H2,(H,15,16). The van der Waals surface area contributed by atoms with Gasteiger partial charge in [0.2, 0.25) is 0 Å². The number of carbonyl (C=O) groups is 1. The van der Waals surface area contributed by atoms with Crippen LogP contribution in [-0.2, 0) is 6.54 Å². The number of thiophene rings is 2.